The molecule has 3 aromatic rings. The maximum absolute atomic E-state index is 12.0. The summed E-state index contributed by atoms with van der Waals surface area (Å²) in [6.07, 6.45) is 3.03. The molecule has 0 atom stereocenters. The summed E-state index contributed by atoms with van der Waals surface area (Å²) < 4.78 is 21.6. The molecule has 0 aromatic heterocycles. The van der Waals surface area contributed by atoms with Gasteiger partial charge in [0.25, 0.3) is 0 Å². The minimum absolute atomic E-state index is 0.445. The van der Waals surface area contributed by atoms with E-state index in [9.17, 15) is 4.79 Å². The van der Waals surface area contributed by atoms with Crippen LogP contribution in [-0.2, 0) is 11.4 Å². The molecule has 0 amide bonds. The van der Waals surface area contributed by atoms with Gasteiger partial charge in [0, 0.05) is 6.08 Å². The van der Waals surface area contributed by atoms with E-state index in [0.29, 0.717) is 29.6 Å². The Morgan fingerprint density at radius 3 is 2.24 bits per heavy atom. The van der Waals surface area contributed by atoms with E-state index >= 15 is 0 Å². The quantitative estimate of drug-likeness (QED) is 0.311. The van der Waals surface area contributed by atoms with E-state index in [1.54, 1.807) is 50.6 Å². The van der Waals surface area contributed by atoms with Crippen molar-refractivity contribution in [3.05, 3.63) is 90.0 Å². The van der Waals surface area contributed by atoms with Gasteiger partial charge in [-0.05, 0) is 53.6 Å². The lowest BCUT2D eigenvalue weighted by atomic mass is 10.2. The summed E-state index contributed by atoms with van der Waals surface area (Å²) in [7, 11) is 3.16. The third-order valence-electron chi connectivity index (χ3n) is 4.11. The van der Waals surface area contributed by atoms with Crippen molar-refractivity contribution in [2.75, 3.05) is 14.2 Å². The fraction of sp³-hybridized carbons (Fsp3) is 0.125. The maximum Gasteiger partial charge on any atom is 0.336 e. The second-order valence-corrected chi connectivity index (χ2v) is 6.11. The van der Waals surface area contributed by atoms with Gasteiger partial charge in [-0.25, -0.2) is 4.79 Å². The standard InChI is InChI=1S/C24H22O5/c1-26-20-10-12-21(13-11-20)29-24(25)15-9-18-8-14-22(23(16-18)27-2)28-17-19-6-4-3-5-7-19/h3-16H,17H2,1-2H3/b15-9+. The Bertz CT molecular complexity index is 962. The number of ether oxygens (including phenoxy) is 4. The Kier molecular flexibility index (Phi) is 6.90. The Hall–Kier alpha value is -3.73. The summed E-state index contributed by atoms with van der Waals surface area (Å²) in [5.74, 6) is 1.89. The minimum atomic E-state index is -0.474. The van der Waals surface area contributed by atoms with Crippen LogP contribution in [0.25, 0.3) is 6.08 Å². The van der Waals surface area contributed by atoms with Crippen molar-refractivity contribution in [2.45, 2.75) is 6.61 Å². The minimum Gasteiger partial charge on any atom is -0.497 e. The summed E-state index contributed by atoms with van der Waals surface area (Å²) >= 11 is 0. The molecule has 0 N–H and O–H groups in total. The van der Waals surface area contributed by atoms with E-state index in [1.807, 2.05) is 42.5 Å². The average molecular weight is 390 g/mol. The third kappa shape index (κ3) is 5.87. The zero-order chi connectivity index (χ0) is 20.5. The largest absolute Gasteiger partial charge is 0.497 e. The van der Waals surface area contributed by atoms with E-state index in [2.05, 4.69) is 0 Å². The first-order valence-electron chi connectivity index (χ1n) is 9.06. The average Bonchev–Trinajstić information content (AvgIpc) is 2.77. The van der Waals surface area contributed by atoms with Crippen LogP contribution >= 0.6 is 0 Å². The SMILES string of the molecule is COc1ccc(OC(=O)/C=C/c2ccc(OCc3ccccc3)c(OC)c2)cc1. The molecular formula is C24H22O5. The molecule has 29 heavy (non-hydrogen) atoms. The number of rotatable bonds is 8. The first-order chi connectivity index (χ1) is 14.2. The molecule has 5 heteroatoms. The number of hydrogen-bond donors (Lipinski definition) is 0. The van der Waals surface area contributed by atoms with Crippen LogP contribution in [-0.4, -0.2) is 20.2 Å². The molecular weight excluding hydrogens is 368 g/mol. The first-order valence-corrected chi connectivity index (χ1v) is 9.06. The zero-order valence-corrected chi connectivity index (χ0v) is 16.3. The number of carbonyl (C=O) groups is 1. The van der Waals surface area contributed by atoms with Crippen molar-refractivity contribution in [3.8, 4) is 23.0 Å². The van der Waals surface area contributed by atoms with Gasteiger partial charge in [0.2, 0.25) is 0 Å². The van der Waals surface area contributed by atoms with E-state index in [4.69, 9.17) is 18.9 Å². The fourth-order valence-corrected chi connectivity index (χ4v) is 2.60. The van der Waals surface area contributed by atoms with Gasteiger partial charge >= 0.3 is 5.97 Å². The highest BCUT2D eigenvalue weighted by Crippen LogP contribution is 2.29. The summed E-state index contributed by atoms with van der Waals surface area (Å²) in [5, 5.41) is 0. The lowest BCUT2D eigenvalue weighted by molar-refractivity contribution is -0.128. The molecule has 0 spiro atoms. The Morgan fingerprint density at radius 1 is 0.828 bits per heavy atom. The molecule has 0 saturated carbocycles. The maximum atomic E-state index is 12.0. The molecule has 3 rings (SSSR count). The number of benzene rings is 3. The van der Waals surface area contributed by atoms with Gasteiger partial charge in [0.05, 0.1) is 14.2 Å². The van der Waals surface area contributed by atoms with Gasteiger partial charge in [-0.2, -0.15) is 0 Å². The van der Waals surface area contributed by atoms with Crippen LogP contribution in [0.1, 0.15) is 11.1 Å². The van der Waals surface area contributed by atoms with E-state index in [0.717, 1.165) is 11.1 Å². The molecule has 0 bridgehead atoms. The van der Waals surface area contributed by atoms with Crippen molar-refractivity contribution in [2.24, 2.45) is 0 Å². The van der Waals surface area contributed by atoms with Crippen molar-refractivity contribution in [1.29, 1.82) is 0 Å². The van der Waals surface area contributed by atoms with Crippen LogP contribution in [0.5, 0.6) is 23.0 Å². The molecule has 5 nitrogen and oxygen atoms in total. The van der Waals surface area contributed by atoms with Gasteiger partial charge in [-0.3, -0.25) is 0 Å². The molecule has 0 unspecified atom stereocenters. The van der Waals surface area contributed by atoms with Crippen molar-refractivity contribution >= 4 is 12.0 Å². The topological polar surface area (TPSA) is 54.0 Å². The second kappa shape index (κ2) is 9.99. The second-order valence-electron chi connectivity index (χ2n) is 6.11. The summed E-state index contributed by atoms with van der Waals surface area (Å²) in [6.45, 7) is 0.445. The van der Waals surface area contributed by atoms with Crippen LogP contribution in [0.2, 0.25) is 0 Å². The Labute approximate surface area is 170 Å². The van der Waals surface area contributed by atoms with E-state index in [-0.39, 0.29) is 0 Å². The number of carbonyl (C=O) groups excluding carboxylic acids is 1. The molecule has 0 fully saturated rings. The van der Waals surface area contributed by atoms with E-state index in [1.165, 1.54) is 6.08 Å². The smallest absolute Gasteiger partial charge is 0.336 e. The molecule has 0 aliphatic rings. The van der Waals surface area contributed by atoms with Gasteiger partial charge in [0.15, 0.2) is 11.5 Å². The van der Waals surface area contributed by atoms with Crippen LogP contribution in [0.4, 0.5) is 0 Å². The molecule has 0 radical (unpaired) electrons. The highest BCUT2D eigenvalue weighted by molar-refractivity contribution is 5.88. The molecule has 0 aliphatic heterocycles. The van der Waals surface area contributed by atoms with Crippen molar-refractivity contribution < 1.29 is 23.7 Å². The molecule has 148 valence electrons. The predicted molar refractivity (Wildman–Crippen MR) is 111 cm³/mol. The summed E-state index contributed by atoms with van der Waals surface area (Å²) in [4.78, 5) is 12.0. The summed E-state index contributed by atoms with van der Waals surface area (Å²) in [5.41, 5.74) is 1.86. The van der Waals surface area contributed by atoms with Crippen LogP contribution in [0.15, 0.2) is 78.9 Å². The monoisotopic (exact) mass is 390 g/mol. The van der Waals surface area contributed by atoms with Gasteiger partial charge in [-0.15, -0.1) is 0 Å². The highest BCUT2D eigenvalue weighted by atomic mass is 16.5. The molecule has 3 aromatic carbocycles. The Morgan fingerprint density at radius 2 is 1.55 bits per heavy atom. The van der Waals surface area contributed by atoms with Crippen LogP contribution in [0.3, 0.4) is 0 Å². The number of methoxy groups -OCH3 is 2. The first kappa shape index (κ1) is 20.0. The number of esters is 1. The van der Waals surface area contributed by atoms with Crippen LogP contribution in [0, 0.1) is 0 Å². The van der Waals surface area contributed by atoms with Gasteiger partial charge in [-0.1, -0.05) is 36.4 Å². The van der Waals surface area contributed by atoms with E-state index < -0.39 is 5.97 Å². The molecule has 0 saturated heterocycles. The lowest BCUT2D eigenvalue weighted by Crippen LogP contribution is -2.03. The normalized spacial score (nSPS) is 10.6. The Balaban J connectivity index is 1.61. The highest BCUT2D eigenvalue weighted by Gasteiger charge is 2.06. The van der Waals surface area contributed by atoms with Gasteiger partial charge in [0.1, 0.15) is 18.1 Å². The van der Waals surface area contributed by atoms with Gasteiger partial charge < -0.3 is 18.9 Å². The summed E-state index contributed by atoms with van der Waals surface area (Å²) in [6, 6.07) is 22.2. The third-order valence-corrected chi connectivity index (χ3v) is 4.11. The molecule has 0 aliphatic carbocycles. The predicted octanol–water partition coefficient (Wildman–Crippen LogP) is 4.90. The fourth-order valence-electron chi connectivity index (χ4n) is 2.60. The van der Waals surface area contributed by atoms with Crippen molar-refractivity contribution in [3.63, 3.8) is 0 Å². The zero-order valence-electron chi connectivity index (χ0n) is 16.3. The van der Waals surface area contributed by atoms with Crippen LogP contribution < -0.4 is 18.9 Å². The molecule has 0 heterocycles. The van der Waals surface area contributed by atoms with Crippen molar-refractivity contribution in [1.82, 2.24) is 0 Å². The lowest BCUT2D eigenvalue weighted by Gasteiger charge is -2.11. The number of hydrogen-bond acceptors (Lipinski definition) is 5.